The van der Waals surface area contributed by atoms with Gasteiger partial charge in [-0.3, -0.25) is 9.78 Å². The molecule has 0 saturated carbocycles. The van der Waals surface area contributed by atoms with Crippen molar-refractivity contribution in [2.75, 3.05) is 14.2 Å². The number of carboxylic acids is 1. The molecule has 0 bridgehead atoms. The molecule has 8 heteroatoms. The molecule has 1 aliphatic heterocycles. The van der Waals surface area contributed by atoms with Gasteiger partial charge in [0.25, 0.3) is 0 Å². The largest absolute Gasteiger partial charge is 0.493 e. The van der Waals surface area contributed by atoms with E-state index in [1.807, 2.05) is 29.0 Å². The van der Waals surface area contributed by atoms with Gasteiger partial charge in [-0.15, -0.1) is 0 Å². The Morgan fingerprint density at radius 2 is 2.10 bits per heavy atom. The van der Waals surface area contributed by atoms with Crippen LogP contribution in [0.15, 0.2) is 48.8 Å². The minimum absolute atomic E-state index is 0.200. The van der Waals surface area contributed by atoms with Crippen molar-refractivity contribution < 1.29 is 24.1 Å². The second kappa shape index (κ2) is 7.77. The third kappa shape index (κ3) is 3.43. The van der Waals surface area contributed by atoms with Crippen molar-refractivity contribution in [2.24, 2.45) is 0 Å². The number of fused-ring (bicyclic) bond motifs is 3. The summed E-state index contributed by atoms with van der Waals surface area (Å²) in [6.07, 6.45) is 1.86. The number of hydrogen-bond donors (Lipinski definition) is 1. The predicted molar refractivity (Wildman–Crippen MR) is 106 cm³/mol. The van der Waals surface area contributed by atoms with Crippen LogP contribution in [0.3, 0.4) is 0 Å². The van der Waals surface area contributed by atoms with Gasteiger partial charge in [0.1, 0.15) is 17.9 Å². The molecule has 0 unspecified atom stereocenters. The highest BCUT2D eigenvalue weighted by Gasteiger charge is 2.34. The predicted octanol–water partition coefficient (Wildman–Crippen LogP) is 4.18. The van der Waals surface area contributed by atoms with Crippen molar-refractivity contribution in [3.8, 4) is 17.2 Å². The van der Waals surface area contributed by atoms with Crippen LogP contribution in [0, 0.1) is 0 Å². The molecule has 2 atom stereocenters. The van der Waals surface area contributed by atoms with E-state index in [1.165, 1.54) is 7.11 Å². The molecule has 1 N–H and O–H groups in total. The van der Waals surface area contributed by atoms with Crippen molar-refractivity contribution in [1.29, 1.82) is 0 Å². The van der Waals surface area contributed by atoms with Crippen LogP contribution in [0.25, 0.3) is 5.69 Å². The zero-order valence-corrected chi connectivity index (χ0v) is 16.6. The molecule has 3 aromatic rings. The second-order valence-electron chi connectivity index (χ2n) is 6.54. The molecule has 3 heterocycles. The van der Waals surface area contributed by atoms with Crippen molar-refractivity contribution in [3.63, 3.8) is 0 Å². The Morgan fingerprint density at radius 3 is 2.83 bits per heavy atom. The van der Waals surface area contributed by atoms with Gasteiger partial charge in [-0.1, -0.05) is 11.6 Å². The highest BCUT2D eigenvalue weighted by molar-refractivity contribution is 6.30. The number of aliphatic carboxylic acids is 1. The maximum atomic E-state index is 11.5. The number of carboxylic acid groups (broad SMARTS) is 1. The first-order valence-corrected chi connectivity index (χ1v) is 9.32. The van der Waals surface area contributed by atoms with Gasteiger partial charge in [-0.05, 0) is 30.3 Å². The number of carbonyl (C=O) groups is 1. The molecular formula is C21H19ClN2O5. The summed E-state index contributed by atoms with van der Waals surface area (Å²) in [6.45, 7) is 0. The van der Waals surface area contributed by atoms with E-state index in [1.54, 1.807) is 31.5 Å². The summed E-state index contributed by atoms with van der Waals surface area (Å²) >= 11 is 6.30. The molecule has 7 nitrogen and oxygen atoms in total. The Kier molecular flexibility index (Phi) is 5.17. The number of aromatic nitrogens is 2. The normalized spacial score (nSPS) is 17.8. The molecule has 2 aromatic heterocycles. The number of ether oxygens (including phenoxy) is 3. The van der Waals surface area contributed by atoms with Crippen LogP contribution in [-0.2, 0) is 9.53 Å². The summed E-state index contributed by atoms with van der Waals surface area (Å²) < 4.78 is 19.2. The third-order valence-corrected chi connectivity index (χ3v) is 5.11. The molecule has 29 heavy (non-hydrogen) atoms. The lowest BCUT2D eigenvalue weighted by molar-refractivity contribution is -0.141. The minimum Gasteiger partial charge on any atom is -0.493 e. The van der Waals surface area contributed by atoms with Crippen LogP contribution in [0.5, 0.6) is 11.5 Å². The van der Waals surface area contributed by atoms with E-state index in [4.69, 9.17) is 25.8 Å². The number of benzene rings is 1. The van der Waals surface area contributed by atoms with Gasteiger partial charge in [0.2, 0.25) is 0 Å². The van der Waals surface area contributed by atoms with Gasteiger partial charge in [0.05, 0.1) is 32.0 Å². The molecule has 0 radical (unpaired) electrons. The molecule has 1 aliphatic rings. The minimum atomic E-state index is -0.962. The van der Waals surface area contributed by atoms with Crippen LogP contribution in [-0.4, -0.2) is 34.8 Å². The van der Waals surface area contributed by atoms with Gasteiger partial charge in [0.15, 0.2) is 11.5 Å². The lowest BCUT2D eigenvalue weighted by Crippen LogP contribution is -2.15. The summed E-state index contributed by atoms with van der Waals surface area (Å²) in [4.78, 5) is 16.0. The van der Waals surface area contributed by atoms with Gasteiger partial charge in [-0.2, -0.15) is 0 Å². The summed E-state index contributed by atoms with van der Waals surface area (Å²) in [5.41, 5.74) is 2.80. The van der Waals surface area contributed by atoms with E-state index >= 15 is 0 Å². The van der Waals surface area contributed by atoms with Crippen molar-refractivity contribution in [1.82, 2.24) is 9.55 Å². The topological polar surface area (TPSA) is 82.8 Å². The third-order valence-electron chi connectivity index (χ3n) is 4.87. The Morgan fingerprint density at radius 1 is 1.28 bits per heavy atom. The molecule has 0 fully saturated rings. The Labute approximate surface area is 172 Å². The number of methoxy groups -OCH3 is 2. The average Bonchev–Trinajstić information content (AvgIpc) is 3.15. The molecule has 4 rings (SSSR count). The van der Waals surface area contributed by atoms with Gasteiger partial charge in [-0.25, -0.2) is 0 Å². The highest BCUT2D eigenvalue weighted by atomic mass is 35.5. The fourth-order valence-corrected chi connectivity index (χ4v) is 3.84. The Bertz CT molecular complexity index is 1060. The fraction of sp³-hybridized carbons (Fsp3) is 0.238. The van der Waals surface area contributed by atoms with E-state index in [2.05, 4.69) is 4.98 Å². The maximum absolute atomic E-state index is 11.5. The van der Waals surface area contributed by atoms with E-state index in [0.29, 0.717) is 22.2 Å². The van der Waals surface area contributed by atoms with Gasteiger partial charge < -0.3 is 23.9 Å². The van der Waals surface area contributed by atoms with Crippen LogP contribution in [0.1, 0.15) is 35.6 Å². The second-order valence-corrected chi connectivity index (χ2v) is 6.98. The number of rotatable bonds is 5. The lowest BCUT2D eigenvalue weighted by Gasteiger charge is -2.23. The maximum Gasteiger partial charge on any atom is 0.306 e. The molecule has 0 amide bonds. The van der Waals surface area contributed by atoms with Crippen LogP contribution in [0.4, 0.5) is 0 Å². The average molecular weight is 415 g/mol. The van der Waals surface area contributed by atoms with Crippen LogP contribution in [0.2, 0.25) is 5.02 Å². The smallest absolute Gasteiger partial charge is 0.306 e. The van der Waals surface area contributed by atoms with Crippen molar-refractivity contribution in [3.05, 3.63) is 70.8 Å². The first kappa shape index (κ1) is 19.3. The van der Waals surface area contributed by atoms with E-state index in [9.17, 15) is 9.90 Å². The quantitative estimate of drug-likeness (QED) is 0.674. The first-order chi connectivity index (χ1) is 14.0. The molecular weight excluding hydrogens is 396 g/mol. The monoisotopic (exact) mass is 414 g/mol. The number of halogens is 1. The van der Waals surface area contributed by atoms with E-state index in [0.717, 1.165) is 16.9 Å². The SMILES string of the molecule is COc1ccnc([C@@H]2O[C@@H](CC(=O)O)c3cccn3-c3ccc(Cl)cc32)c1OC. The molecule has 150 valence electrons. The zero-order chi connectivity index (χ0) is 20.5. The summed E-state index contributed by atoms with van der Waals surface area (Å²) in [7, 11) is 3.07. The highest BCUT2D eigenvalue weighted by Crippen LogP contribution is 2.45. The standard InChI is InChI=1S/C21H19ClN2O5/c1-27-16-7-8-23-19(21(16)28-2)20-13-10-12(22)5-6-14(13)24-9-3-4-15(24)17(29-20)11-18(25)26/h3-10,17,20H,11H2,1-2H3,(H,25,26)/t17-,20+/m0/s1. The molecule has 1 aromatic carbocycles. The van der Waals surface area contributed by atoms with Crippen LogP contribution >= 0.6 is 11.6 Å². The summed E-state index contributed by atoms with van der Waals surface area (Å²) in [5, 5.41) is 9.98. The number of nitrogens with zero attached hydrogens (tertiary/aromatic N) is 2. The van der Waals surface area contributed by atoms with E-state index in [-0.39, 0.29) is 6.42 Å². The zero-order valence-electron chi connectivity index (χ0n) is 15.8. The van der Waals surface area contributed by atoms with Crippen LogP contribution < -0.4 is 9.47 Å². The van der Waals surface area contributed by atoms with E-state index < -0.39 is 18.2 Å². The lowest BCUT2D eigenvalue weighted by atomic mass is 10.0. The molecule has 0 saturated heterocycles. The van der Waals surface area contributed by atoms with Gasteiger partial charge in [0, 0.05) is 29.0 Å². The Balaban J connectivity index is 1.96. The molecule has 0 aliphatic carbocycles. The first-order valence-electron chi connectivity index (χ1n) is 8.94. The molecule has 0 spiro atoms. The number of pyridine rings is 1. The Hall–Kier alpha value is -3.03. The number of hydrogen-bond acceptors (Lipinski definition) is 5. The summed E-state index contributed by atoms with van der Waals surface area (Å²) in [6, 6.07) is 10.9. The van der Waals surface area contributed by atoms with Gasteiger partial charge >= 0.3 is 5.97 Å². The van der Waals surface area contributed by atoms with Crippen molar-refractivity contribution >= 4 is 17.6 Å². The fourth-order valence-electron chi connectivity index (χ4n) is 3.66. The van der Waals surface area contributed by atoms with Crippen molar-refractivity contribution in [2.45, 2.75) is 18.6 Å². The summed E-state index contributed by atoms with van der Waals surface area (Å²) in [5.74, 6) is -0.0362.